The number of rotatable bonds is 6. The molecule has 1 aliphatic carbocycles. The number of H-pyrrole nitrogens is 1. The summed E-state index contributed by atoms with van der Waals surface area (Å²) >= 11 is 0. The van der Waals surface area contributed by atoms with Gasteiger partial charge in [-0.3, -0.25) is 9.59 Å². The molecule has 0 atom stereocenters. The lowest BCUT2D eigenvalue weighted by Crippen LogP contribution is -2.22. The largest absolute Gasteiger partial charge is 0.497 e. The Hall–Kier alpha value is -4.06. The first-order chi connectivity index (χ1) is 17.6. The van der Waals surface area contributed by atoms with E-state index < -0.39 is 0 Å². The standard InChI is InChI=1S/C30H31N3O3/c1-36-26-15-13-25(14-16-26)32-30(35)22-10-17-27-23(18-22)19-28(33-27)20-8-11-24(12-9-20)31-29(34)21-6-4-2-3-5-7-21/h8-19,21,33H,2-7H2,1H3,(H,31,34)(H,32,35). The normalized spacial score (nSPS) is 14.2. The van der Waals surface area contributed by atoms with Gasteiger partial charge >= 0.3 is 0 Å². The van der Waals surface area contributed by atoms with Crippen molar-refractivity contribution in [2.75, 3.05) is 17.7 Å². The number of amides is 2. The topological polar surface area (TPSA) is 83.2 Å². The number of fused-ring (bicyclic) bond motifs is 1. The number of nitrogens with one attached hydrogen (secondary N) is 3. The molecule has 6 nitrogen and oxygen atoms in total. The van der Waals surface area contributed by atoms with Crippen LogP contribution in [0.3, 0.4) is 0 Å². The Kier molecular flexibility index (Phi) is 7.03. The maximum Gasteiger partial charge on any atom is 0.255 e. The van der Waals surface area contributed by atoms with Crippen molar-refractivity contribution >= 4 is 34.1 Å². The highest BCUT2D eigenvalue weighted by atomic mass is 16.5. The molecule has 2 amide bonds. The molecule has 3 aromatic carbocycles. The number of anilines is 2. The van der Waals surface area contributed by atoms with E-state index in [2.05, 4.69) is 15.6 Å². The SMILES string of the molecule is COc1ccc(NC(=O)c2ccc3[nH]c(-c4ccc(NC(=O)C5CCCCCC5)cc4)cc3c2)cc1. The smallest absolute Gasteiger partial charge is 0.255 e. The summed E-state index contributed by atoms with van der Waals surface area (Å²) in [5, 5.41) is 6.97. The Morgan fingerprint density at radius 1 is 0.806 bits per heavy atom. The van der Waals surface area contributed by atoms with E-state index in [0.29, 0.717) is 11.3 Å². The first kappa shape index (κ1) is 23.7. The van der Waals surface area contributed by atoms with Gasteiger partial charge in [-0.15, -0.1) is 0 Å². The maximum atomic E-state index is 12.8. The summed E-state index contributed by atoms with van der Waals surface area (Å²) in [6.07, 6.45) is 6.72. The molecule has 0 spiro atoms. The summed E-state index contributed by atoms with van der Waals surface area (Å²) in [5.41, 5.74) is 5.04. The van der Waals surface area contributed by atoms with Gasteiger partial charge in [0.25, 0.3) is 5.91 Å². The predicted molar refractivity (Wildman–Crippen MR) is 145 cm³/mol. The number of carbonyl (C=O) groups is 2. The Morgan fingerprint density at radius 3 is 2.17 bits per heavy atom. The third kappa shape index (κ3) is 5.43. The molecule has 6 heteroatoms. The average molecular weight is 482 g/mol. The third-order valence-electron chi connectivity index (χ3n) is 6.92. The van der Waals surface area contributed by atoms with Crippen LogP contribution in [0.4, 0.5) is 11.4 Å². The van der Waals surface area contributed by atoms with Crippen LogP contribution in [0, 0.1) is 5.92 Å². The molecule has 1 heterocycles. The van der Waals surface area contributed by atoms with Crippen molar-refractivity contribution in [3.63, 3.8) is 0 Å². The molecule has 1 saturated carbocycles. The molecule has 1 aromatic heterocycles. The van der Waals surface area contributed by atoms with Crippen LogP contribution in [-0.2, 0) is 4.79 Å². The molecule has 1 aliphatic rings. The van der Waals surface area contributed by atoms with Crippen LogP contribution >= 0.6 is 0 Å². The number of aromatic nitrogens is 1. The average Bonchev–Trinajstić information content (AvgIpc) is 3.14. The highest BCUT2D eigenvalue weighted by molar-refractivity contribution is 6.06. The van der Waals surface area contributed by atoms with E-state index in [9.17, 15) is 9.59 Å². The minimum absolute atomic E-state index is 0.122. The summed E-state index contributed by atoms with van der Waals surface area (Å²) in [6, 6.07) is 22.8. The van der Waals surface area contributed by atoms with Gasteiger partial charge in [-0.2, -0.15) is 0 Å². The Balaban J connectivity index is 1.26. The maximum absolute atomic E-state index is 12.8. The summed E-state index contributed by atoms with van der Waals surface area (Å²) < 4.78 is 5.16. The second-order valence-corrected chi connectivity index (χ2v) is 9.42. The lowest BCUT2D eigenvalue weighted by atomic mass is 9.99. The minimum atomic E-state index is -0.168. The monoisotopic (exact) mass is 481 g/mol. The van der Waals surface area contributed by atoms with Crippen molar-refractivity contribution in [2.45, 2.75) is 38.5 Å². The Bertz CT molecular complexity index is 1350. The summed E-state index contributed by atoms with van der Waals surface area (Å²) in [6.45, 7) is 0. The molecule has 0 aliphatic heterocycles. The number of hydrogen-bond acceptors (Lipinski definition) is 3. The van der Waals surface area contributed by atoms with E-state index >= 15 is 0 Å². The summed E-state index contributed by atoms with van der Waals surface area (Å²) in [7, 11) is 1.61. The molecule has 36 heavy (non-hydrogen) atoms. The van der Waals surface area contributed by atoms with Gasteiger partial charge in [0, 0.05) is 39.5 Å². The fourth-order valence-corrected chi connectivity index (χ4v) is 4.83. The van der Waals surface area contributed by atoms with Crippen LogP contribution in [0.15, 0.2) is 72.8 Å². The second-order valence-electron chi connectivity index (χ2n) is 9.42. The van der Waals surface area contributed by atoms with Crippen molar-refractivity contribution in [3.8, 4) is 17.0 Å². The van der Waals surface area contributed by atoms with Gasteiger partial charge in [-0.05, 0) is 79.1 Å². The molecule has 184 valence electrons. The molecular formula is C30H31N3O3. The highest BCUT2D eigenvalue weighted by Gasteiger charge is 2.20. The molecular weight excluding hydrogens is 450 g/mol. The zero-order valence-corrected chi connectivity index (χ0v) is 20.5. The predicted octanol–water partition coefficient (Wildman–Crippen LogP) is 7.00. The second kappa shape index (κ2) is 10.7. The number of ether oxygens (including phenoxy) is 1. The lowest BCUT2D eigenvalue weighted by molar-refractivity contribution is -0.120. The van der Waals surface area contributed by atoms with Crippen molar-refractivity contribution in [1.82, 2.24) is 4.98 Å². The van der Waals surface area contributed by atoms with Crippen molar-refractivity contribution in [2.24, 2.45) is 5.92 Å². The quantitative estimate of drug-likeness (QED) is 0.259. The van der Waals surface area contributed by atoms with Gasteiger partial charge in [0.05, 0.1) is 7.11 Å². The Morgan fingerprint density at radius 2 is 1.47 bits per heavy atom. The molecule has 0 unspecified atom stereocenters. The molecule has 1 fully saturated rings. The van der Waals surface area contributed by atoms with Gasteiger partial charge in [0.15, 0.2) is 0 Å². The van der Waals surface area contributed by atoms with E-state index in [4.69, 9.17) is 4.74 Å². The minimum Gasteiger partial charge on any atom is -0.497 e. The number of methoxy groups -OCH3 is 1. The third-order valence-corrected chi connectivity index (χ3v) is 6.92. The van der Waals surface area contributed by atoms with Crippen LogP contribution < -0.4 is 15.4 Å². The van der Waals surface area contributed by atoms with Crippen LogP contribution in [0.2, 0.25) is 0 Å². The van der Waals surface area contributed by atoms with E-state index in [1.54, 1.807) is 7.11 Å². The van der Waals surface area contributed by atoms with Crippen molar-refractivity contribution < 1.29 is 14.3 Å². The number of aromatic amines is 1. The number of hydrogen-bond donors (Lipinski definition) is 3. The van der Waals surface area contributed by atoms with Gasteiger partial charge in [0.1, 0.15) is 5.75 Å². The molecule has 5 rings (SSSR count). The molecule has 0 bridgehead atoms. The zero-order valence-electron chi connectivity index (χ0n) is 20.5. The van der Waals surface area contributed by atoms with Crippen LogP contribution in [0.1, 0.15) is 48.9 Å². The van der Waals surface area contributed by atoms with Gasteiger partial charge in [-0.1, -0.05) is 37.8 Å². The fraction of sp³-hybridized carbons (Fsp3) is 0.267. The van der Waals surface area contributed by atoms with Gasteiger partial charge in [-0.25, -0.2) is 0 Å². The Labute approximate surface area is 211 Å². The summed E-state index contributed by atoms with van der Waals surface area (Å²) in [4.78, 5) is 28.9. The van der Waals surface area contributed by atoms with Crippen molar-refractivity contribution in [1.29, 1.82) is 0 Å². The summed E-state index contributed by atoms with van der Waals surface area (Å²) in [5.74, 6) is 0.829. The van der Waals surface area contributed by atoms with E-state index in [0.717, 1.165) is 59.3 Å². The zero-order chi connectivity index (χ0) is 24.9. The molecule has 0 saturated heterocycles. The highest BCUT2D eigenvalue weighted by Crippen LogP contribution is 2.28. The molecule has 0 radical (unpaired) electrons. The first-order valence-electron chi connectivity index (χ1n) is 12.6. The van der Waals surface area contributed by atoms with Gasteiger partial charge < -0.3 is 20.4 Å². The van der Waals surface area contributed by atoms with Crippen molar-refractivity contribution in [3.05, 3.63) is 78.4 Å². The van der Waals surface area contributed by atoms with Crippen LogP contribution in [0.5, 0.6) is 5.75 Å². The van der Waals surface area contributed by atoms with E-state index in [-0.39, 0.29) is 17.7 Å². The van der Waals surface area contributed by atoms with Crippen LogP contribution in [0.25, 0.3) is 22.2 Å². The number of benzene rings is 3. The lowest BCUT2D eigenvalue weighted by Gasteiger charge is -2.14. The first-order valence-corrected chi connectivity index (χ1v) is 12.6. The number of carbonyl (C=O) groups excluding carboxylic acids is 2. The van der Waals surface area contributed by atoms with Gasteiger partial charge in [0.2, 0.25) is 5.91 Å². The van der Waals surface area contributed by atoms with E-state index in [1.165, 1.54) is 12.8 Å². The van der Waals surface area contributed by atoms with E-state index in [1.807, 2.05) is 72.8 Å². The molecule has 4 aromatic rings. The fourth-order valence-electron chi connectivity index (χ4n) is 4.83. The molecule has 3 N–H and O–H groups in total. The van der Waals surface area contributed by atoms with Crippen LogP contribution in [-0.4, -0.2) is 23.9 Å².